The monoisotopic (exact) mass is 708 g/mol. The number of aliphatic carboxylic acids is 1. The summed E-state index contributed by atoms with van der Waals surface area (Å²) in [4.78, 5) is 20.1. The van der Waals surface area contributed by atoms with Crippen LogP contribution in [0.15, 0.2) is 52.2 Å². The lowest BCUT2D eigenvalue weighted by Gasteiger charge is -2.24. The number of aromatic amines is 1. The van der Waals surface area contributed by atoms with Gasteiger partial charge < -0.3 is 14.8 Å². The van der Waals surface area contributed by atoms with Gasteiger partial charge >= 0.3 is 12.1 Å². The minimum atomic E-state index is -5.08. The topological polar surface area (TPSA) is 150 Å². The highest BCUT2D eigenvalue weighted by atomic mass is 32.2. The maximum Gasteiger partial charge on any atom is 0.490 e. The van der Waals surface area contributed by atoms with Crippen LogP contribution in [0.3, 0.4) is 0 Å². The Morgan fingerprint density at radius 3 is 2.56 bits per heavy atom. The van der Waals surface area contributed by atoms with Gasteiger partial charge in [-0.25, -0.2) is 26.6 Å². The number of ether oxygens (including phenoxy) is 1. The third kappa shape index (κ3) is 8.62. The van der Waals surface area contributed by atoms with Gasteiger partial charge in [-0.1, -0.05) is 18.2 Å². The average molecular weight is 709 g/mol. The number of H-pyrrole nitrogens is 1. The number of sulfone groups is 1. The molecule has 18 heteroatoms. The summed E-state index contributed by atoms with van der Waals surface area (Å²) in [5.74, 6) is -2.76. The van der Waals surface area contributed by atoms with Gasteiger partial charge in [-0.15, -0.1) is 22.7 Å². The average Bonchev–Trinajstić information content (AvgIpc) is 3.77. The van der Waals surface area contributed by atoms with E-state index in [0.717, 1.165) is 27.5 Å². The number of aromatic nitrogens is 2. The van der Waals surface area contributed by atoms with Crippen LogP contribution in [0.4, 0.5) is 18.9 Å². The van der Waals surface area contributed by atoms with Crippen molar-refractivity contribution in [2.24, 2.45) is 0 Å². The Bertz CT molecular complexity index is 1820. The number of fused-ring (bicyclic) bond motifs is 1. The number of carboxylic acid groups (broad SMARTS) is 1. The van der Waals surface area contributed by atoms with Gasteiger partial charge in [0.1, 0.15) is 9.22 Å². The van der Waals surface area contributed by atoms with Crippen LogP contribution in [0.25, 0.3) is 21.6 Å². The lowest BCUT2D eigenvalue weighted by Crippen LogP contribution is -2.34. The molecular formula is C27H31F3N4O7S4. The predicted molar refractivity (Wildman–Crippen MR) is 167 cm³/mol. The molecule has 1 aromatic carbocycles. The molecule has 4 heterocycles. The van der Waals surface area contributed by atoms with Gasteiger partial charge in [-0.05, 0) is 43.5 Å². The van der Waals surface area contributed by atoms with E-state index in [0.29, 0.717) is 37.3 Å². The molecule has 1 saturated heterocycles. The predicted octanol–water partition coefficient (Wildman–Crippen LogP) is 4.84. The molecule has 246 valence electrons. The van der Waals surface area contributed by atoms with Gasteiger partial charge in [-0.2, -0.15) is 13.2 Å². The number of anilines is 1. The zero-order valence-electron chi connectivity index (χ0n) is 24.2. The number of para-hydroxylation sites is 1. The van der Waals surface area contributed by atoms with Crippen molar-refractivity contribution in [2.45, 2.75) is 35.5 Å². The number of sulfonamides is 1. The highest BCUT2D eigenvalue weighted by Crippen LogP contribution is 2.36. The number of halogens is 3. The largest absolute Gasteiger partial charge is 0.490 e. The zero-order chi connectivity index (χ0) is 33.0. The summed E-state index contributed by atoms with van der Waals surface area (Å²) in [6.07, 6.45) is -1.29. The molecule has 1 unspecified atom stereocenters. The van der Waals surface area contributed by atoms with Crippen LogP contribution in [0.5, 0.6) is 0 Å². The maximum absolute atomic E-state index is 13.6. The third-order valence-corrected chi connectivity index (χ3v) is 12.6. The van der Waals surface area contributed by atoms with Crippen molar-refractivity contribution in [2.75, 3.05) is 43.4 Å². The number of carboxylic acids is 1. The third-order valence-electron chi connectivity index (χ3n) is 6.83. The molecule has 2 N–H and O–H groups in total. The molecule has 0 spiro atoms. The second-order valence-electron chi connectivity index (χ2n) is 10.0. The molecule has 0 radical (unpaired) electrons. The molecule has 11 nitrogen and oxygen atoms in total. The van der Waals surface area contributed by atoms with Crippen molar-refractivity contribution in [3.8, 4) is 10.7 Å². The van der Waals surface area contributed by atoms with E-state index in [2.05, 4.69) is 14.9 Å². The number of benzene rings is 1. The number of hydrogen-bond donors (Lipinski definition) is 2. The van der Waals surface area contributed by atoms with Crippen molar-refractivity contribution in [3.05, 3.63) is 52.9 Å². The van der Waals surface area contributed by atoms with E-state index < -0.39 is 32.0 Å². The Kier molecular flexibility index (Phi) is 11.0. The quantitative estimate of drug-likeness (QED) is 0.209. The maximum atomic E-state index is 13.6. The number of thiophene rings is 1. The van der Waals surface area contributed by atoms with Crippen LogP contribution in [-0.4, -0.2) is 93.3 Å². The standard InChI is InChI=1S/C25H30N4O5S4.C2HF3O2/c1-3-34-12-11-29(38(32,33)23-8-5-13-35-23)22-7-4-6-18-14-21(27-24(18)22)25-26-15-19(36-25)16-28-10-9-20(17-28)37(2,30)31;3-2(4,5)1(6)7/h4-8,13-15,20,27H,3,9-12,16-17H2,1-2H3;(H,6,7). The first-order valence-corrected chi connectivity index (χ1v) is 18.6. The Hall–Kier alpha value is -3.03. The van der Waals surface area contributed by atoms with Gasteiger partial charge in [0, 0.05) is 42.4 Å². The minimum absolute atomic E-state index is 0.188. The fourth-order valence-corrected chi connectivity index (χ4v) is 9.17. The van der Waals surface area contributed by atoms with Crippen LogP contribution in [0.2, 0.25) is 0 Å². The number of thiazole rings is 1. The molecule has 0 bridgehead atoms. The Morgan fingerprint density at radius 1 is 1.22 bits per heavy atom. The van der Waals surface area contributed by atoms with Crippen LogP contribution in [0.1, 0.15) is 18.2 Å². The summed E-state index contributed by atoms with van der Waals surface area (Å²) in [6.45, 7) is 4.79. The van der Waals surface area contributed by atoms with E-state index in [4.69, 9.17) is 14.6 Å². The molecule has 1 aliphatic heterocycles. The number of nitrogens with zero attached hydrogens (tertiary/aromatic N) is 3. The fourth-order valence-electron chi connectivity index (χ4n) is 4.66. The molecule has 4 aromatic rings. The number of hydrogen-bond acceptors (Lipinski definition) is 10. The molecule has 0 saturated carbocycles. The zero-order valence-corrected chi connectivity index (χ0v) is 27.4. The van der Waals surface area contributed by atoms with Gasteiger partial charge in [0.2, 0.25) is 0 Å². The SMILES string of the molecule is CCOCCN(c1cccc2cc(-c3ncc(CN4CCC(S(C)(=O)=O)C4)s3)[nH]c12)S(=O)(=O)c1cccs1.O=C(O)C(F)(F)F. The van der Waals surface area contributed by atoms with Gasteiger partial charge in [0.05, 0.1) is 35.3 Å². The summed E-state index contributed by atoms with van der Waals surface area (Å²) in [6, 6.07) is 10.9. The minimum Gasteiger partial charge on any atom is -0.475 e. The second-order valence-corrected chi connectivity index (χ2v) is 16.5. The lowest BCUT2D eigenvalue weighted by molar-refractivity contribution is -0.192. The smallest absolute Gasteiger partial charge is 0.475 e. The first kappa shape index (κ1) is 34.8. The molecule has 1 aliphatic rings. The Balaban J connectivity index is 0.000000591. The highest BCUT2D eigenvalue weighted by molar-refractivity contribution is 7.94. The second kappa shape index (κ2) is 14.2. The van der Waals surface area contributed by atoms with E-state index in [-0.39, 0.29) is 22.6 Å². The van der Waals surface area contributed by atoms with Gasteiger partial charge in [0.25, 0.3) is 10.0 Å². The number of alkyl halides is 3. The van der Waals surface area contributed by atoms with Gasteiger partial charge in [-0.3, -0.25) is 9.21 Å². The van der Waals surface area contributed by atoms with Crippen LogP contribution in [-0.2, 0) is 35.9 Å². The van der Waals surface area contributed by atoms with E-state index in [1.165, 1.54) is 21.9 Å². The summed E-state index contributed by atoms with van der Waals surface area (Å²) in [7, 11) is -6.81. The molecule has 1 atom stereocenters. The van der Waals surface area contributed by atoms with Crippen molar-refractivity contribution in [1.29, 1.82) is 0 Å². The summed E-state index contributed by atoms with van der Waals surface area (Å²) < 4.78 is 89.9. The summed E-state index contributed by atoms with van der Waals surface area (Å²) in [5, 5.41) is 10.2. The van der Waals surface area contributed by atoms with Crippen molar-refractivity contribution < 1.29 is 44.6 Å². The molecule has 45 heavy (non-hydrogen) atoms. The molecule has 5 rings (SSSR count). The normalized spacial score (nSPS) is 16.1. The number of rotatable bonds is 11. The number of carbonyl (C=O) groups is 1. The van der Waals surface area contributed by atoms with E-state index in [9.17, 15) is 30.0 Å². The van der Waals surface area contributed by atoms with Crippen molar-refractivity contribution in [3.63, 3.8) is 0 Å². The Labute approximate surface area is 266 Å². The first-order chi connectivity index (χ1) is 21.1. The molecular weight excluding hydrogens is 678 g/mol. The lowest BCUT2D eigenvalue weighted by atomic mass is 10.2. The van der Waals surface area contributed by atoms with Crippen molar-refractivity contribution >= 4 is 65.1 Å². The van der Waals surface area contributed by atoms with E-state index in [1.807, 2.05) is 31.3 Å². The van der Waals surface area contributed by atoms with E-state index in [1.54, 1.807) is 34.9 Å². The molecule has 3 aromatic heterocycles. The number of likely N-dealkylation sites (tertiary alicyclic amines) is 1. The summed E-state index contributed by atoms with van der Waals surface area (Å²) in [5.41, 5.74) is 2.08. The summed E-state index contributed by atoms with van der Waals surface area (Å²) >= 11 is 2.74. The van der Waals surface area contributed by atoms with Crippen LogP contribution in [0, 0.1) is 0 Å². The Morgan fingerprint density at radius 2 is 1.96 bits per heavy atom. The first-order valence-electron chi connectivity index (χ1n) is 13.5. The number of nitrogens with one attached hydrogen (secondary N) is 1. The van der Waals surface area contributed by atoms with E-state index >= 15 is 0 Å². The molecule has 0 amide bonds. The van der Waals surface area contributed by atoms with Crippen LogP contribution >= 0.6 is 22.7 Å². The fraction of sp³-hybridized carbons (Fsp3) is 0.407. The van der Waals surface area contributed by atoms with Crippen LogP contribution < -0.4 is 4.31 Å². The molecule has 1 fully saturated rings. The molecule has 0 aliphatic carbocycles. The van der Waals surface area contributed by atoms with Gasteiger partial charge in [0.15, 0.2) is 9.84 Å². The highest BCUT2D eigenvalue weighted by Gasteiger charge is 2.38. The van der Waals surface area contributed by atoms with Crippen molar-refractivity contribution in [1.82, 2.24) is 14.9 Å².